The first-order chi connectivity index (χ1) is 14.7. The standard InChI is InChI=1S/C21H24N6O3/c1-29-17-4-3-16(13-18(17)30-2)14-21(28)26-11-9-25(10-12-26)19-5-6-20(24-23-19)27-8-7-22-15-27/h3-8,13,15H,9-12,14H2,1-2H3. The lowest BCUT2D eigenvalue weighted by atomic mass is 10.1. The van der Waals surface area contributed by atoms with E-state index in [1.165, 1.54) is 0 Å². The van der Waals surface area contributed by atoms with Crippen molar-refractivity contribution in [3.63, 3.8) is 0 Å². The highest BCUT2D eigenvalue weighted by atomic mass is 16.5. The minimum atomic E-state index is 0.100. The SMILES string of the molecule is COc1ccc(CC(=O)N2CCN(c3ccc(-n4ccnc4)nn3)CC2)cc1OC. The molecule has 0 aliphatic carbocycles. The van der Waals surface area contributed by atoms with Crippen molar-refractivity contribution in [1.29, 1.82) is 0 Å². The van der Waals surface area contributed by atoms with Gasteiger partial charge < -0.3 is 19.3 Å². The van der Waals surface area contributed by atoms with Crippen molar-refractivity contribution in [2.75, 3.05) is 45.3 Å². The van der Waals surface area contributed by atoms with Crippen LogP contribution in [0.4, 0.5) is 5.82 Å². The number of hydrogen-bond donors (Lipinski definition) is 0. The van der Waals surface area contributed by atoms with Gasteiger partial charge in [0.15, 0.2) is 23.1 Å². The Balaban J connectivity index is 1.33. The molecular formula is C21H24N6O3. The van der Waals surface area contributed by atoms with Gasteiger partial charge in [0, 0.05) is 38.6 Å². The van der Waals surface area contributed by atoms with Gasteiger partial charge in [-0.05, 0) is 29.8 Å². The second-order valence-corrected chi connectivity index (χ2v) is 6.95. The molecule has 9 nitrogen and oxygen atoms in total. The lowest BCUT2D eigenvalue weighted by Crippen LogP contribution is -2.49. The van der Waals surface area contributed by atoms with E-state index in [2.05, 4.69) is 20.1 Å². The number of nitrogens with zero attached hydrogens (tertiary/aromatic N) is 6. The van der Waals surface area contributed by atoms with E-state index >= 15 is 0 Å². The lowest BCUT2D eigenvalue weighted by Gasteiger charge is -2.35. The van der Waals surface area contributed by atoms with Gasteiger partial charge in [-0.1, -0.05) is 6.07 Å². The zero-order chi connectivity index (χ0) is 20.9. The molecular weight excluding hydrogens is 384 g/mol. The van der Waals surface area contributed by atoms with Gasteiger partial charge in [0.25, 0.3) is 0 Å². The number of carbonyl (C=O) groups excluding carboxylic acids is 1. The first-order valence-corrected chi connectivity index (χ1v) is 9.73. The van der Waals surface area contributed by atoms with Gasteiger partial charge in [0.2, 0.25) is 5.91 Å². The Hall–Kier alpha value is -3.62. The molecule has 156 valence electrons. The number of amides is 1. The third-order valence-corrected chi connectivity index (χ3v) is 5.17. The van der Waals surface area contributed by atoms with Crippen LogP contribution in [-0.2, 0) is 11.2 Å². The van der Waals surface area contributed by atoms with Crippen LogP contribution in [0.5, 0.6) is 11.5 Å². The van der Waals surface area contributed by atoms with Gasteiger partial charge in [-0.2, -0.15) is 0 Å². The van der Waals surface area contributed by atoms with Gasteiger partial charge in [0.05, 0.1) is 20.6 Å². The zero-order valence-electron chi connectivity index (χ0n) is 17.1. The Morgan fingerprint density at radius 2 is 1.70 bits per heavy atom. The van der Waals surface area contributed by atoms with E-state index in [0.717, 1.165) is 30.3 Å². The number of rotatable bonds is 6. The summed E-state index contributed by atoms with van der Waals surface area (Å²) in [6.07, 6.45) is 5.55. The van der Waals surface area contributed by atoms with Crippen LogP contribution in [0.25, 0.3) is 5.82 Å². The van der Waals surface area contributed by atoms with Crippen LogP contribution in [0, 0.1) is 0 Å². The summed E-state index contributed by atoms with van der Waals surface area (Å²) in [4.78, 5) is 20.8. The molecule has 3 heterocycles. The monoisotopic (exact) mass is 408 g/mol. The first-order valence-electron chi connectivity index (χ1n) is 9.73. The number of benzene rings is 1. The average molecular weight is 408 g/mol. The van der Waals surface area contributed by atoms with Gasteiger partial charge in [0.1, 0.15) is 6.33 Å². The van der Waals surface area contributed by atoms with Crippen LogP contribution in [0.15, 0.2) is 49.1 Å². The van der Waals surface area contributed by atoms with E-state index in [0.29, 0.717) is 31.0 Å². The zero-order valence-corrected chi connectivity index (χ0v) is 17.1. The maximum absolute atomic E-state index is 12.7. The molecule has 1 aliphatic rings. The molecule has 0 N–H and O–H groups in total. The van der Waals surface area contributed by atoms with E-state index in [-0.39, 0.29) is 5.91 Å². The minimum Gasteiger partial charge on any atom is -0.493 e. The Morgan fingerprint density at radius 1 is 0.967 bits per heavy atom. The summed E-state index contributed by atoms with van der Waals surface area (Å²) >= 11 is 0. The van der Waals surface area contributed by atoms with Crippen molar-refractivity contribution in [2.45, 2.75) is 6.42 Å². The number of methoxy groups -OCH3 is 2. The highest BCUT2D eigenvalue weighted by Gasteiger charge is 2.22. The van der Waals surface area contributed by atoms with E-state index in [1.807, 2.05) is 46.0 Å². The fourth-order valence-corrected chi connectivity index (χ4v) is 3.48. The Bertz CT molecular complexity index is 982. The van der Waals surface area contributed by atoms with E-state index in [9.17, 15) is 4.79 Å². The maximum Gasteiger partial charge on any atom is 0.227 e. The average Bonchev–Trinajstić information content (AvgIpc) is 3.34. The van der Waals surface area contributed by atoms with Crippen molar-refractivity contribution in [3.05, 3.63) is 54.6 Å². The predicted molar refractivity (Wildman–Crippen MR) is 111 cm³/mol. The molecule has 0 saturated carbocycles. The van der Waals surface area contributed by atoms with Crippen LogP contribution in [0.1, 0.15) is 5.56 Å². The normalized spacial score (nSPS) is 13.9. The highest BCUT2D eigenvalue weighted by Crippen LogP contribution is 2.28. The van der Waals surface area contributed by atoms with Gasteiger partial charge in [-0.25, -0.2) is 4.98 Å². The smallest absolute Gasteiger partial charge is 0.227 e. The molecule has 4 rings (SSSR count). The number of piperazine rings is 1. The van der Waals surface area contributed by atoms with Crippen LogP contribution in [-0.4, -0.2) is 71.0 Å². The van der Waals surface area contributed by atoms with Crippen molar-refractivity contribution in [1.82, 2.24) is 24.6 Å². The Morgan fingerprint density at radius 3 is 2.33 bits per heavy atom. The van der Waals surface area contributed by atoms with Crippen LogP contribution in [0.3, 0.4) is 0 Å². The predicted octanol–water partition coefficient (Wildman–Crippen LogP) is 1.57. The van der Waals surface area contributed by atoms with Crippen molar-refractivity contribution in [3.8, 4) is 17.3 Å². The molecule has 3 aromatic rings. The quantitative estimate of drug-likeness (QED) is 0.612. The van der Waals surface area contributed by atoms with Crippen LogP contribution < -0.4 is 14.4 Å². The number of ether oxygens (including phenoxy) is 2. The van der Waals surface area contributed by atoms with Crippen LogP contribution in [0.2, 0.25) is 0 Å². The van der Waals surface area contributed by atoms with Crippen molar-refractivity contribution >= 4 is 11.7 Å². The van der Waals surface area contributed by atoms with E-state index in [1.54, 1.807) is 26.7 Å². The van der Waals surface area contributed by atoms with Gasteiger partial charge in [-0.15, -0.1) is 10.2 Å². The summed E-state index contributed by atoms with van der Waals surface area (Å²) in [7, 11) is 3.19. The Kier molecular flexibility index (Phi) is 5.78. The summed E-state index contributed by atoms with van der Waals surface area (Å²) in [6, 6.07) is 9.44. The van der Waals surface area contributed by atoms with Gasteiger partial charge >= 0.3 is 0 Å². The molecule has 1 amide bonds. The molecule has 0 radical (unpaired) electrons. The first kappa shape index (κ1) is 19.7. The fourth-order valence-electron chi connectivity index (χ4n) is 3.48. The Labute approximate surface area is 174 Å². The molecule has 0 spiro atoms. The molecule has 2 aromatic heterocycles. The molecule has 30 heavy (non-hydrogen) atoms. The van der Waals surface area contributed by atoms with Crippen LogP contribution >= 0.6 is 0 Å². The topological polar surface area (TPSA) is 85.6 Å². The number of imidazole rings is 1. The summed E-state index contributed by atoms with van der Waals surface area (Å²) in [5.41, 5.74) is 0.904. The minimum absolute atomic E-state index is 0.100. The van der Waals surface area contributed by atoms with E-state index in [4.69, 9.17) is 9.47 Å². The second-order valence-electron chi connectivity index (χ2n) is 6.95. The molecule has 0 bridgehead atoms. The molecule has 0 unspecified atom stereocenters. The third kappa shape index (κ3) is 4.19. The molecule has 0 atom stereocenters. The maximum atomic E-state index is 12.7. The molecule has 1 aromatic carbocycles. The lowest BCUT2D eigenvalue weighted by molar-refractivity contribution is -0.130. The highest BCUT2D eigenvalue weighted by molar-refractivity contribution is 5.79. The second kappa shape index (κ2) is 8.81. The molecule has 1 fully saturated rings. The number of hydrogen-bond acceptors (Lipinski definition) is 7. The summed E-state index contributed by atoms with van der Waals surface area (Å²) < 4.78 is 12.4. The summed E-state index contributed by atoms with van der Waals surface area (Å²) in [5, 5.41) is 8.59. The summed E-state index contributed by atoms with van der Waals surface area (Å²) in [5.74, 6) is 2.92. The molecule has 1 saturated heterocycles. The third-order valence-electron chi connectivity index (χ3n) is 5.17. The molecule has 9 heteroatoms. The largest absolute Gasteiger partial charge is 0.493 e. The van der Waals surface area contributed by atoms with Crippen molar-refractivity contribution < 1.29 is 14.3 Å². The summed E-state index contributed by atoms with van der Waals surface area (Å²) in [6.45, 7) is 2.74. The van der Waals surface area contributed by atoms with E-state index < -0.39 is 0 Å². The fraction of sp³-hybridized carbons (Fsp3) is 0.333. The number of anilines is 1. The van der Waals surface area contributed by atoms with Crippen molar-refractivity contribution in [2.24, 2.45) is 0 Å². The molecule has 1 aliphatic heterocycles. The number of carbonyl (C=O) groups is 1. The number of aromatic nitrogens is 4. The van der Waals surface area contributed by atoms with Gasteiger partial charge in [-0.3, -0.25) is 9.36 Å².